The molecule has 1 saturated carbocycles. The zero-order chi connectivity index (χ0) is 28.5. The van der Waals surface area contributed by atoms with Crippen LogP contribution in [0.5, 0.6) is 23.0 Å². The van der Waals surface area contributed by atoms with Gasteiger partial charge in [-0.05, 0) is 36.2 Å². The van der Waals surface area contributed by atoms with Crippen molar-refractivity contribution in [3.05, 3.63) is 83.4 Å². The Hall–Kier alpha value is -4.04. The summed E-state index contributed by atoms with van der Waals surface area (Å²) in [5.74, 6) is -0.768. The molecule has 0 radical (unpaired) electrons. The molecule has 0 spiro atoms. The van der Waals surface area contributed by atoms with Crippen LogP contribution in [0.1, 0.15) is 42.4 Å². The van der Waals surface area contributed by atoms with E-state index in [1.807, 2.05) is 54.6 Å². The number of benzene rings is 3. The van der Waals surface area contributed by atoms with Crippen molar-refractivity contribution in [2.45, 2.75) is 36.8 Å². The Kier molecular flexibility index (Phi) is 7.47. The number of unbranched alkanes of at least 4 members (excludes halogenated alkanes) is 1. The van der Waals surface area contributed by atoms with Gasteiger partial charge >= 0.3 is 5.97 Å². The number of methoxy groups -OCH3 is 4. The highest BCUT2D eigenvalue weighted by Crippen LogP contribution is 2.69. The second kappa shape index (κ2) is 10.8. The molecule has 1 aliphatic heterocycles. The van der Waals surface area contributed by atoms with E-state index in [-0.39, 0.29) is 5.78 Å². The molecule has 40 heavy (non-hydrogen) atoms. The van der Waals surface area contributed by atoms with Crippen molar-refractivity contribution in [2.24, 2.45) is 5.92 Å². The molecule has 5 rings (SSSR count). The summed E-state index contributed by atoms with van der Waals surface area (Å²) in [4.78, 5) is 28.6. The van der Waals surface area contributed by atoms with Gasteiger partial charge in [-0.25, -0.2) is 0 Å². The van der Waals surface area contributed by atoms with Gasteiger partial charge in [0.25, 0.3) is 0 Å². The van der Waals surface area contributed by atoms with Crippen molar-refractivity contribution in [1.82, 2.24) is 5.32 Å². The molecule has 210 valence electrons. The summed E-state index contributed by atoms with van der Waals surface area (Å²) in [6.45, 7) is 2.59. The van der Waals surface area contributed by atoms with E-state index in [2.05, 4.69) is 12.2 Å². The molecule has 8 nitrogen and oxygen atoms in total. The lowest BCUT2D eigenvalue weighted by Gasteiger charge is -2.42. The maximum Gasteiger partial charge on any atom is 0.317 e. The maximum absolute atomic E-state index is 15.0. The molecule has 0 aromatic heterocycles. The molecule has 1 fully saturated rings. The van der Waals surface area contributed by atoms with E-state index in [1.54, 1.807) is 33.5 Å². The summed E-state index contributed by atoms with van der Waals surface area (Å²) >= 11 is 0. The number of carbonyl (C=O) groups is 2. The summed E-state index contributed by atoms with van der Waals surface area (Å²) in [5.41, 5.74) is -0.835. The zero-order valence-electron chi connectivity index (χ0n) is 23.5. The number of fused-ring (bicyclic) bond motifs is 3. The first-order chi connectivity index (χ1) is 19.4. The Morgan fingerprint density at radius 1 is 0.925 bits per heavy atom. The molecule has 0 amide bonds. The Labute approximate surface area is 234 Å². The first kappa shape index (κ1) is 27.5. The summed E-state index contributed by atoms with van der Waals surface area (Å²) in [6.07, 6.45) is 1.71. The lowest BCUT2D eigenvalue weighted by atomic mass is 9.68. The quantitative estimate of drug-likeness (QED) is 0.222. The minimum atomic E-state index is -1.48. The van der Waals surface area contributed by atoms with Crippen molar-refractivity contribution in [3.8, 4) is 23.0 Å². The monoisotopic (exact) mass is 545 g/mol. The number of ether oxygens (including phenoxy) is 5. The van der Waals surface area contributed by atoms with Crippen LogP contribution >= 0.6 is 0 Å². The first-order valence-corrected chi connectivity index (χ1v) is 13.5. The highest BCUT2D eigenvalue weighted by molar-refractivity contribution is 6.10. The van der Waals surface area contributed by atoms with Crippen LogP contribution in [0.25, 0.3) is 0 Å². The minimum absolute atomic E-state index is 0.331. The highest BCUT2D eigenvalue weighted by Gasteiger charge is 2.78. The molecular formula is C32H35NO7. The van der Waals surface area contributed by atoms with Gasteiger partial charge in [-0.1, -0.05) is 55.8 Å². The van der Waals surface area contributed by atoms with Gasteiger partial charge < -0.3 is 23.7 Å². The van der Waals surface area contributed by atoms with Gasteiger partial charge in [0, 0.05) is 12.1 Å². The summed E-state index contributed by atoms with van der Waals surface area (Å²) < 4.78 is 29.2. The van der Waals surface area contributed by atoms with Gasteiger partial charge in [-0.15, -0.1) is 0 Å². The van der Waals surface area contributed by atoms with Crippen LogP contribution in [0.3, 0.4) is 0 Å². The number of hydrogen-bond donors (Lipinski definition) is 1. The third kappa shape index (κ3) is 3.84. The average Bonchev–Trinajstić information content (AvgIpc) is 3.41. The molecule has 8 heteroatoms. The molecule has 0 bridgehead atoms. The minimum Gasteiger partial charge on any atom is -0.497 e. The van der Waals surface area contributed by atoms with Crippen molar-refractivity contribution < 1.29 is 33.3 Å². The van der Waals surface area contributed by atoms with E-state index < -0.39 is 28.9 Å². The van der Waals surface area contributed by atoms with Crippen LogP contribution in [-0.4, -0.2) is 46.7 Å². The predicted molar refractivity (Wildman–Crippen MR) is 149 cm³/mol. The normalized spacial score (nSPS) is 24.6. The fourth-order valence-electron chi connectivity index (χ4n) is 6.46. The number of rotatable bonds is 10. The Morgan fingerprint density at radius 2 is 1.62 bits per heavy atom. The number of carbonyl (C=O) groups excluding carboxylic acids is 2. The fourth-order valence-corrected chi connectivity index (χ4v) is 6.46. The Bertz CT molecular complexity index is 1390. The number of nitrogens with one attached hydrogen (secondary N) is 1. The van der Waals surface area contributed by atoms with Crippen LogP contribution in [0.2, 0.25) is 0 Å². The van der Waals surface area contributed by atoms with E-state index in [1.165, 1.54) is 7.11 Å². The SMILES string of the molecule is CCCCN[C@@]12C(=O)[C@H](C(=O)OC)[C@@H](c3ccccc3)[C@]1(c1ccc(OC)cc1)Oc1cc(OC)cc(OC)c12. The van der Waals surface area contributed by atoms with Crippen molar-refractivity contribution in [3.63, 3.8) is 0 Å². The molecule has 2 aliphatic rings. The molecule has 3 aromatic carbocycles. The molecular weight excluding hydrogens is 510 g/mol. The number of esters is 1. The zero-order valence-corrected chi connectivity index (χ0v) is 23.5. The van der Waals surface area contributed by atoms with Crippen LogP contribution in [0.15, 0.2) is 66.7 Å². The van der Waals surface area contributed by atoms with Gasteiger partial charge in [-0.3, -0.25) is 14.9 Å². The third-order valence-corrected chi connectivity index (χ3v) is 8.17. The van der Waals surface area contributed by atoms with E-state index in [0.29, 0.717) is 40.7 Å². The second-order valence-electron chi connectivity index (χ2n) is 10.1. The third-order valence-electron chi connectivity index (χ3n) is 8.17. The summed E-state index contributed by atoms with van der Waals surface area (Å²) in [5, 5.41) is 3.62. The van der Waals surface area contributed by atoms with Crippen LogP contribution in [0.4, 0.5) is 0 Å². The van der Waals surface area contributed by atoms with E-state index in [9.17, 15) is 4.79 Å². The number of ketones is 1. The van der Waals surface area contributed by atoms with Gasteiger partial charge in [0.05, 0.1) is 39.9 Å². The van der Waals surface area contributed by atoms with Crippen LogP contribution in [-0.2, 0) is 25.5 Å². The highest BCUT2D eigenvalue weighted by atomic mass is 16.5. The van der Waals surface area contributed by atoms with Gasteiger partial charge in [0.15, 0.2) is 16.9 Å². The number of Topliss-reactive ketones (excluding diaryl/α,β-unsaturated/α-hetero) is 1. The van der Waals surface area contributed by atoms with E-state index in [0.717, 1.165) is 18.4 Å². The molecule has 4 atom stereocenters. The van der Waals surface area contributed by atoms with E-state index in [4.69, 9.17) is 23.7 Å². The van der Waals surface area contributed by atoms with Crippen molar-refractivity contribution in [1.29, 1.82) is 0 Å². The summed E-state index contributed by atoms with van der Waals surface area (Å²) in [7, 11) is 6.02. The molecule has 1 N–H and O–H groups in total. The van der Waals surface area contributed by atoms with Gasteiger partial charge in [0.2, 0.25) is 0 Å². The molecule has 1 aliphatic carbocycles. The lowest BCUT2D eigenvalue weighted by Crippen LogP contribution is -2.59. The molecule has 1 heterocycles. The molecule has 0 saturated heterocycles. The fraction of sp³-hybridized carbons (Fsp3) is 0.375. The Morgan fingerprint density at radius 3 is 2.23 bits per heavy atom. The molecule has 3 aromatic rings. The lowest BCUT2D eigenvalue weighted by molar-refractivity contribution is -0.149. The molecule has 0 unspecified atom stereocenters. The van der Waals surface area contributed by atoms with Crippen molar-refractivity contribution >= 4 is 11.8 Å². The predicted octanol–water partition coefficient (Wildman–Crippen LogP) is 4.74. The first-order valence-electron chi connectivity index (χ1n) is 13.5. The Balaban J connectivity index is 1.92. The van der Waals surface area contributed by atoms with Crippen LogP contribution < -0.4 is 24.3 Å². The van der Waals surface area contributed by atoms with Crippen molar-refractivity contribution in [2.75, 3.05) is 35.0 Å². The van der Waals surface area contributed by atoms with E-state index >= 15 is 4.79 Å². The summed E-state index contributed by atoms with van der Waals surface area (Å²) in [6, 6.07) is 20.5. The average molecular weight is 546 g/mol. The largest absolute Gasteiger partial charge is 0.497 e. The standard InChI is InChI=1S/C32H35NO7/c1-6-7-17-33-31-28-24(38-4)18-23(37-3)19-25(28)40-32(31,21-13-15-22(36-2)16-14-21)27(20-11-9-8-10-12-20)26(29(31)34)30(35)39-5/h8-16,18-19,26-27,33H,6-7,17H2,1-5H3/t26-,27-,31+,32+/m1/s1. The smallest absolute Gasteiger partial charge is 0.317 e. The van der Waals surface area contributed by atoms with Gasteiger partial charge in [-0.2, -0.15) is 0 Å². The maximum atomic E-state index is 15.0. The topological polar surface area (TPSA) is 92.3 Å². The van der Waals surface area contributed by atoms with Crippen LogP contribution in [0, 0.1) is 5.92 Å². The number of hydrogen-bond acceptors (Lipinski definition) is 8. The second-order valence-corrected chi connectivity index (χ2v) is 10.1. The van der Waals surface area contributed by atoms with Gasteiger partial charge in [0.1, 0.15) is 28.9 Å².